The zero-order valence-electron chi connectivity index (χ0n) is 21.2. The summed E-state index contributed by atoms with van der Waals surface area (Å²) in [5.74, 6) is 0.768. The predicted octanol–water partition coefficient (Wildman–Crippen LogP) is 4.82. The van der Waals surface area contributed by atoms with Gasteiger partial charge in [0.05, 0.1) is 24.3 Å². The first-order chi connectivity index (χ1) is 19.2. The maximum Gasteiger partial charge on any atom is 0.416 e. The number of carbonyl (C=O) groups is 2. The van der Waals surface area contributed by atoms with E-state index in [0.29, 0.717) is 35.1 Å². The quantitative estimate of drug-likeness (QED) is 0.384. The van der Waals surface area contributed by atoms with Gasteiger partial charge < -0.3 is 29.6 Å². The number of hydrogen-bond donors (Lipinski definition) is 2. The first-order valence-corrected chi connectivity index (χ1v) is 12.2. The summed E-state index contributed by atoms with van der Waals surface area (Å²) in [5.41, 5.74) is 1.11. The van der Waals surface area contributed by atoms with Crippen molar-refractivity contribution in [3.63, 3.8) is 0 Å². The number of esters is 1. The number of urea groups is 1. The Bertz CT molecular complexity index is 1460. The predicted molar refractivity (Wildman–Crippen MR) is 134 cm³/mol. The molecule has 2 amide bonds. The summed E-state index contributed by atoms with van der Waals surface area (Å²) >= 11 is 0. The van der Waals surface area contributed by atoms with Crippen molar-refractivity contribution in [2.24, 2.45) is 0 Å². The molecule has 2 aliphatic heterocycles. The van der Waals surface area contributed by atoms with Gasteiger partial charge in [-0.3, -0.25) is 0 Å². The highest BCUT2D eigenvalue weighted by Crippen LogP contribution is 2.35. The molecule has 2 N–H and O–H groups in total. The van der Waals surface area contributed by atoms with E-state index in [1.54, 1.807) is 18.2 Å². The van der Waals surface area contributed by atoms with Crippen LogP contribution in [0.3, 0.4) is 0 Å². The lowest BCUT2D eigenvalue weighted by Crippen LogP contribution is -2.46. The molecule has 1 unspecified atom stereocenters. The van der Waals surface area contributed by atoms with E-state index in [2.05, 4.69) is 15.6 Å². The fourth-order valence-corrected chi connectivity index (χ4v) is 4.42. The topological polar surface area (TPSA) is 108 Å². The van der Waals surface area contributed by atoms with Crippen LogP contribution in [0.5, 0.6) is 17.4 Å². The van der Waals surface area contributed by atoms with E-state index >= 15 is 0 Å². The Balaban J connectivity index is 1.43. The molecule has 3 aromatic rings. The summed E-state index contributed by atoms with van der Waals surface area (Å²) in [6.45, 7) is -0.270. The third kappa shape index (κ3) is 5.95. The lowest BCUT2D eigenvalue weighted by atomic mass is 9.94. The van der Waals surface area contributed by atoms with Crippen LogP contribution in [-0.2, 0) is 28.7 Å². The normalized spacial score (nSPS) is 16.3. The first kappa shape index (κ1) is 26.9. The number of allylic oxidation sites excluding steroid dienone is 1. The van der Waals surface area contributed by atoms with Gasteiger partial charge in [0.25, 0.3) is 0 Å². The highest BCUT2D eigenvalue weighted by molar-refractivity contribution is 5.95. The summed E-state index contributed by atoms with van der Waals surface area (Å²) in [5, 5.41) is 5.41. The molecule has 5 rings (SSSR count). The zero-order chi connectivity index (χ0) is 28.3. The number of amides is 2. The summed E-state index contributed by atoms with van der Waals surface area (Å²) < 4.78 is 60.8. The van der Waals surface area contributed by atoms with Crippen molar-refractivity contribution in [2.75, 3.05) is 13.9 Å². The molecule has 12 heteroatoms. The van der Waals surface area contributed by atoms with Gasteiger partial charge >= 0.3 is 18.2 Å². The molecule has 2 aromatic carbocycles. The van der Waals surface area contributed by atoms with Crippen molar-refractivity contribution < 1.29 is 41.7 Å². The summed E-state index contributed by atoms with van der Waals surface area (Å²) in [4.78, 5) is 30.3. The van der Waals surface area contributed by atoms with Crippen molar-refractivity contribution in [1.29, 1.82) is 0 Å². The van der Waals surface area contributed by atoms with Crippen molar-refractivity contribution in [2.45, 2.75) is 31.7 Å². The van der Waals surface area contributed by atoms with E-state index in [1.807, 2.05) is 12.1 Å². The number of nitrogens with one attached hydrogen (secondary N) is 2. The van der Waals surface area contributed by atoms with Crippen LogP contribution in [0.2, 0.25) is 0 Å². The smallest absolute Gasteiger partial charge is 0.416 e. The number of carbonyl (C=O) groups excluding carboxylic acids is 2. The molecule has 0 saturated carbocycles. The van der Waals surface area contributed by atoms with Crippen molar-refractivity contribution in [1.82, 2.24) is 15.6 Å². The number of ether oxygens (including phenoxy) is 4. The van der Waals surface area contributed by atoms with Gasteiger partial charge in [0, 0.05) is 18.0 Å². The van der Waals surface area contributed by atoms with Crippen molar-refractivity contribution in [3.8, 4) is 17.4 Å². The van der Waals surface area contributed by atoms with Crippen LogP contribution in [-0.4, -0.2) is 30.9 Å². The number of methoxy groups -OCH3 is 1. The minimum Gasteiger partial charge on any atom is -0.481 e. The summed E-state index contributed by atoms with van der Waals surface area (Å²) in [6.07, 6.45) is -2.38. The second-order valence-corrected chi connectivity index (χ2v) is 9.02. The third-order valence-corrected chi connectivity index (χ3v) is 6.40. The number of benzene rings is 2. The van der Waals surface area contributed by atoms with E-state index in [-0.39, 0.29) is 24.4 Å². The average Bonchev–Trinajstić information content (AvgIpc) is 3.42. The Morgan fingerprint density at radius 1 is 1.05 bits per heavy atom. The van der Waals surface area contributed by atoms with Crippen LogP contribution in [0.4, 0.5) is 18.0 Å². The lowest BCUT2D eigenvalue weighted by Gasteiger charge is -2.29. The molecule has 0 fully saturated rings. The van der Waals surface area contributed by atoms with Gasteiger partial charge in [-0.1, -0.05) is 18.2 Å². The number of hydrogen-bond acceptors (Lipinski definition) is 7. The second-order valence-electron chi connectivity index (χ2n) is 9.02. The summed E-state index contributed by atoms with van der Waals surface area (Å²) in [6, 6.07) is 11.8. The van der Waals surface area contributed by atoms with E-state index < -0.39 is 36.4 Å². The van der Waals surface area contributed by atoms with Gasteiger partial charge in [-0.15, -0.1) is 0 Å². The van der Waals surface area contributed by atoms with Crippen LogP contribution in [0.25, 0.3) is 0 Å². The van der Waals surface area contributed by atoms with Crippen LogP contribution < -0.4 is 24.8 Å². The minimum atomic E-state index is -4.53. The monoisotopic (exact) mass is 555 g/mol. The Morgan fingerprint density at radius 3 is 2.62 bits per heavy atom. The molecular formula is C28H24F3N3O6. The fourth-order valence-electron chi connectivity index (χ4n) is 4.42. The second kappa shape index (κ2) is 11.2. The molecular weight excluding hydrogens is 531 g/mol. The Morgan fingerprint density at radius 2 is 1.88 bits per heavy atom. The van der Waals surface area contributed by atoms with Crippen LogP contribution in [0, 0.1) is 0 Å². The van der Waals surface area contributed by atoms with E-state index in [4.69, 9.17) is 18.9 Å². The van der Waals surface area contributed by atoms with Crippen LogP contribution in [0.1, 0.15) is 34.7 Å². The van der Waals surface area contributed by atoms with Gasteiger partial charge in [0.1, 0.15) is 6.61 Å². The molecule has 1 atom stereocenters. The molecule has 0 spiro atoms. The standard InChI is InChI=1S/C28H24F3N3O6/c1-37-23-10-7-18(13-32-23)25-24(26(35)38-14-17-3-2-4-19(11-17)28(29,30)31)20(33-27(36)34-25)8-5-16-6-9-21-22(12-16)40-15-39-21/h2-4,6-7,9-13,25H,5,8,14-15H2,1H3,(H2,33,34,36). The molecule has 0 aliphatic carbocycles. The molecule has 40 heavy (non-hydrogen) atoms. The maximum atomic E-state index is 13.5. The molecule has 1 aromatic heterocycles. The number of aryl methyl sites for hydroxylation is 1. The van der Waals surface area contributed by atoms with E-state index in [0.717, 1.165) is 17.7 Å². The van der Waals surface area contributed by atoms with Gasteiger partial charge in [-0.2, -0.15) is 13.2 Å². The first-order valence-electron chi connectivity index (χ1n) is 12.2. The third-order valence-electron chi connectivity index (χ3n) is 6.40. The van der Waals surface area contributed by atoms with Crippen molar-refractivity contribution >= 4 is 12.0 Å². The number of alkyl halides is 3. The highest BCUT2D eigenvalue weighted by Gasteiger charge is 2.34. The number of aromatic nitrogens is 1. The molecule has 2 aliphatic rings. The number of fused-ring (bicyclic) bond motifs is 1. The Hall–Kier alpha value is -4.74. The molecule has 0 saturated heterocycles. The molecule has 0 bridgehead atoms. The van der Waals surface area contributed by atoms with Crippen LogP contribution in [0.15, 0.2) is 72.1 Å². The van der Waals surface area contributed by atoms with Gasteiger partial charge in [0.2, 0.25) is 12.7 Å². The van der Waals surface area contributed by atoms with Gasteiger partial charge in [-0.05, 0) is 59.9 Å². The van der Waals surface area contributed by atoms with Gasteiger partial charge in [-0.25, -0.2) is 14.6 Å². The Labute approximate surface area is 226 Å². The highest BCUT2D eigenvalue weighted by atomic mass is 19.4. The number of nitrogens with zero attached hydrogens (tertiary/aromatic N) is 1. The molecule has 0 radical (unpaired) electrons. The molecule has 3 heterocycles. The van der Waals surface area contributed by atoms with E-state index in [9.17, 15) is 22.8 Å². The average molecular weight is 556 g/mol. The maximum absolute atomic E-state index is 13.5. The minimum absolute atomic E-state index is 0.110. The lowest BCUT2D eigenvalue weighted by molar-refractivity contribution is -0.140. The molecule has 9 nitrogen and oxygen atoms in total. The largest absolute Gasteiger partial charge is 0.481 e. The summed E-state index contributed by atoms with van der Waals surface area (Å²) in [7, 11) is 1.46. The fraction of sp³-hybridized carbons (Fsp3) is 0.250. The number of rotatable bonds is 8. The number of halogens is 3. The number of pyridine rings is 1. The molecule has 208 valence electrons. The SMILES string of the molecule is COc1ccc(C2NC(=O)NC(CCc3ccc4c(c3)OCO4)=C2C(=O)OCc2cccc(C(F)(F)F)c2)cn1. The Kier molecular flexibility index (Phi) is 7.50. The van der Waals surface area contributed by atoms with Crippen molar-refractivity contribution in [3.05, 3.63) is 94.3 Å². The van der Waals surface area contributed by atoms with Gasteiger partial charge in [0.15, 0.2) is 11.5 Å². The zero-order valence-corrected chi connectivity index (χ0v) is 21.2. The van der Waals surface area contributed by atoms with Crippen LogP contribution >= 0.6 is 0 Å². The van der Waals surface area contributed by atoms with E-state index in [1.165, 1.54) is 25.4 Å².